The third-order valence-corrected chi connectivity index (χ3v) is 6.78. The van der Waals surface area contributed by atoms with Crippen molar-refractivity contribution >= 4 is 46.9 Å². The highest BCUT2D eigenvalue weighted by molar-refractivity contribution is 7.10. The molecule has 6 N–H and O–H groups in total. The fourth-order valence-electron chi connectivity index (χ4n) is 3.95. The van der Waals surface area contributed by atoms with Gasteiger partial charge >= 0.3 is 18.2 Å². The van der Waals surface area contributed by atoms with Crippen LogP contribution in [0.25, 0.3) is 10.4 Å². The van der Waals surface area contributed by atoms with E-state index in [0.717, 1.165) is 43.2 Å². The van der Waals surface area contributed by atoms with Crippen molar-refractivity contribution in [1.82, 2.24) is 14.6 Å². The number of ether oxygens (including phenoxy) is 2. The number of primary amides is 1. The molecule has 0 radical (unpaired) electrons. The number of nitrogens with zero attached hydrogens (tertiary/aromatic N) is 2. The Labute approximate surface area is 234 Å². The molecule has 4 rings (SSSR count). The number of aryl methyl sites for hydroxylation is 1. The van der Waals surface area contributed by atoms with Crippen molar-refractivity contribution in [3.05, 3.63) is 53.8 Å². The number of benzene rings is 2. The first kappa shape index (κ1) is 28.7. The van der Waals surface area contributed by atoms with Crippen molar-refractivity contribution in [3.8, 4) is 16.2 Å². The molecule has 0 aliphatic carbocycles. The fraction of sp³-hybridized carbons (Fsp3) is 0.308. The lowest BCUT2D eigenvalue weighted by Crippen LogP contribution is -2.38. The molecule has 3 aromatic rings. The Hall–Kier alpha value is -4.27. The molecule has 0 saturated carbocycles. The van der Waals surface area contributed by atoms with Gasteiger partial charge in [0.15, 0.2) is 11.6 Å². The van der Waals surface area contributed by atoms with E-state index >= 15 is 0 Å². The minimum atomic E-state index is -1.06. The maximum atomic E-state index is 13.9. The quantitative estimate of drug-likeness (QED) is 0.241. The van der Waals surface area contributed by atoms with Crippen LogP contribution in [0, 0.1) is 12.7 Å². The summed E-state index contributed by atoms with van der Waals surface area (Å²) >= 11 is 1.000. The first-order chi connectivity index (χ1) is 19.3. The first-order valence-corrected chi connectivity index (χ1v) is 13.3. The van der Waals surface area contributed by atoms with E-state index in [1.807, 2.05) is 0 Å². The van der Waals surface area contributed by atoms with E-state index in [-0.39, 0.29) is 17.3 Å². The molecule has 0 unspecified atom stereocenters. The number of urea groups is 2. The average molecular weight is 572 g/mol. The van der Waals surface area contributed by atoms with Gasteiger partial charge < -0.3 is 31.2 Å². The Morgan fingerprint density at radius 2 is 1.82 bits per heavy atom. The molecule has 1 aliphatic rings. The zero-order chi connectivity index (χ0) is 28.5. The molecule has 5 amide bonds. The molecular formula is C26H30FN7O5S. The molecule has 212 valence electrons. The second-order valence-electron chi connectivity index (χ2n) is 8.94. The second kappa shape index (κ2) is 13.7. The highest BCUT2D eigenvalue weighted by Crippen LogP contribution is 2.40. The summed E-state index contributed by atoms with van der Waals surface area (Å²) < 4.78 is 28.7. The Kier molecular flexibility index (Phi) is 9.83. The Morgan fingerprint density at radius 3 is 2.55 bits per heavy atom. The number of morpholine rings is 1. The molecule has 0 atom stereocenters. The van der Waals surface area contributed by atoms with E-state index in [1.165, 1.54) is 12.1 Å². The third-order valence-electron chi connectivity index (χ3n) is 5.90. The monoisotopic (exact) mass is 571 g/mol. The number of carbonyl (C=O) groups excluding carboxylic acids is 3. The summed E-state index contributed by atoms with van der Waals surface area (Å²) in [5.41, 5.74) is 7.15. The van der Waals surface area contributed by atoms with E-state index in [1.54, 1.807) is 37.3 Å². The Bertz CT molecular complexity index is 1350. The lowest BCUT2D eigenvalue weighted by molar-refractivity contribution is 0.0375. The van der Waals surface area contributed by atoms with Crippen molar-refractivity contribution in [1.29, 1.82) is 0 Å². The number of halogens is 1. The minimum absolute atomic E-state index is 0.00865. The highest BCUT2D eigenvalue weighted by Gasteiger charge is 2.21. The van der Waals surface area contributed by atoms with E-state index in [2.05, 4.69) is 30.5 Å². The van der Waals surface area contributed by atoms with Crippen molar-refractivity contribution in [3.63, 3.8) is 0 Å². The van der Waals surface area contributed by atoms with Gasteiger partial charge in [0.05, 0.1) is 18.9 Å². The van der Waals surface area contributed by atoms with E-state index in [4.69, 9.17) is 15.2 Å². The van der Waals surface area contributed by atoms with Gasteiger partial charge in [0.25, 0.3) is 0 Å². The van der Waals surface area contributed by atoms with Crippen LogP contribution >= 0.6 is 11.5 Å². The molecule has 2 aromatic carbocycles. The number of anilines is 3. The zero-order valence-electron chi connectivity index (χ0n) is 21.8. The molecule has 1 saturated heterocycles. The predicted molar refractivity (Wildman–Crippen MR) is 150 cm³/mol. The molecule has 40 heavy (non-hydrogen) atoms. The summed E-state index contributed by atoms with van der Waals surface area (Å²) in [5, 5.41) is 10.5. The van der Waals surface area contributed by atoms with Gasteiger partial charge in [-0.2, -0.15) is 4.37 Å². The standard InChI is InChI=1S/C26H30FN7O5S/c1-16-3-8-19(27)20(15-16)31-26(37)30-18-6-4-17(5-7-18)22-21(39-24(28)35)23(33-40-22)32-25(36)29-9-2-10-34-11-13-38-14-12-34/h3-8,15H,2,9-14H2,1H3,(H2,28,35)(H2,30,31,37)(H2,29,32,33,36). The maximum absolute atomic E-state index is 13.9. The van der Waals surface area contributed by atoms with Crippen molar-refractivity contribution in [2.75, 3.05) is 55.3 Å². The third kappa shape index (κ3) is 8.11. The van der Waals surface area contributed by atoms with E-state index in [9.17, 15) is 18.8 Å². The first-order valence-electron chi connectivity index (χ1n) is 12.5. The van der Waals surface area contributed by atoms with Gasteiger partial charge in [-0.25, -0.2) is 18.8 Å². The van der Waals surface area contributed by atoms with Gasteiger partial charge in [0, 0.05) is 25.3 Å². The van der Waals surface area contributed by atoms with Gasteiger partial charge in [0.2, 0.25) is 0 Å². The van der Waals surface area contributed by atoms with Crippen LogP contribution in [0.5, 0.6) is 5.75 Å². The van der Waals surface area contributed by atoms with Crippen LogP contribution in [-0.2, 0) is 4.74 Å². The maximum Gasteiger partial charge on any atom is 0.410 e. The molecule has 2 heterocycles. The van der Waals surface area contributed by atoms with E-state index in [0.29, 0.717) is 35.9 Å². The average Bonchev–Trinajstić information content (AvgIpc) is 3.30. The lowest BCUT2D eigenvalue weighted by atomic mass is 10.1. The molecule has 1 fully saturated rings. The van der Waals surface area contributed by atoms with Gasteiger partial charge in [-0.3, -0.25) is 10.2 Å². The molecule has 1 aromatic heterocycles. The van der Waals surface area contributed by atoms with Crippen LogP contribution in [0.15, 0.2) is 42.5 Å². The number of hydrogen-bond acceptors (Lipinski definition) is 8. The molecule has 0 spiro atoms. The Balaban J connectivity index is 1.35. The molecule has 0 bridgehead atoms. The van der Waals surface area contributed by atoms with E-state index < -0.39 is 24.0 Å². The summed E-state index contributed by atoms with van der Waals surface area (Å²) in [6, 6.07) is 9.86. The predicted octanol–water partition coefficient (Wildman–Crippen LogP) is 4.20. The number of amides is 5. The fourth-order valence-corrected chi connectivity index (χ4v) is 4.72. The number of aromatic nitrogens is 1. The molecular weight excluding hydrogens is 541 g/mol. The molecule has 1 aliphatic heterocycles. The van der Waals surface area contributed by atoms with Crippen LogP contribution in [-0.4, -0.2) is 66.8 Å². The largest absolute Gasteiger partial charge is 0.410 e. The number of rotatable bonds is 9. The Morgan fingerprint density at radius 1 is 1.07 bits per heavy atom. The SMILES string of the molecule is Cc1ccc(F)c(NC(=O)Nc2ccc(-c3snc(NC(=O)NCCCN4CCOCC4)c3OC(N)=O)cc2)c1. The number of nitrogens with one attached hydrogen (secondary N) is 4. The van der Waals surface area contributed by atoms with Gasteiger partial charge in [-0.15, -0.1) is 0 Å². The summed E-state index contributed by atoms with van der Waals surface area (Å²) in [6.45, 7) is 6.26. The summed E-state index contributed by atoms with van der Waals surface area (Å²) in [4.78, 5) is 39.1. The summed E-state index contributed by atoms with van der Waals surface area (Å²) in [6.07, 6.45) is -0.299. The second-order valence-corrected chi connectivity index (χ2v) is 9.71. The zero-order valence-corrected chi connectivity index (χ0v) is 22.6. The van der Waals surface area contributed by atoms with Crippen molar-refractivity contribution in [2.45, 2.75) is 13.3 Å². The van der Waals surface area contributed by atoms with Gasteiger partial charge in [-0.05, 0) is 66.8 Å². The van der Waals surface area contributed by atoms with Gasteiger partial charge in [0.1, 0.15) is 10.7 Å². The lowest BCUT2D eigenvalue weighted by Gasteiger charge is -2.26. The summed E-state index contributed by atoms with van der Waals surface area (Å²) in [5.74, 6) is -0.491. The minimum Gasteiger partial charge on any atom is -0.405 e. The smallest absolute Gasteiger partial charge is 0.405 e. The number of nitrogens with two attached hydrogens (primary N) is 1. The van der Waals surface area contributed by atoms with Crippen LogP contribution in [0.1, 0.15) is 12.0 Å². The van der Waals surface area contributed by atoms with Crippen molar-refractivity contribution in [2.24, 2.45) is 5.73 Å². The number of hydrogen-bond donors (Lipinski definition) is 5. The number of carbonyl (C=O) groups is 3. The van der Waals surface area contributed by atoms with Gasteiger partial charge in [-0.1, -0.05) is 18.2 Å². The van der Waals surface area contributed by atoms with Crippen LogP contribution in [0.2, 0.25) is 0 Å². The highest BCUT2D eigenvalue weighted by atomic mass is 32.1. The molecule has 14 heteroatoms. The van der Waals surface area contributed by atoms with Crippen LogP contribution < -0.4 is 31.7 Å². The summed E-state index contributed by atoms with van der Waals surface area (Å²) in [7, 11) is 0. The normalized spacial score (nSPS) is 13.3. The van der Waals surface area contributed by atoms with Crippen molar-refractivity contribution < 1.29 is 28.2 Å². The molecule has 12 nitrogen and oxygen atoms in total. The topological polar surface area (TPSA) is 160 Å². The van der Waals surface area contributed by atoms with Crippen LogP contribution in [0.3, 0.4) is 0 Å². The van der Waals surface area contributed by atoms with Crippen LogP contribution in [0.4, 0.5) is 36.0 Å².